The van der Waals surface area contributed by atoms with E-state index in [0.717, 1.165) is 5.56 Å². The first-order valence-corrected chi connectivity index (χ1v) is 8.20. The summed E-state index contributed by atoms with van der Waals surface area (Å²) < 4.78 is 1.61. The van der Waals surface area contributed by atoms with E-state index in [1.807, 2.05) is 18.2 Å². The molecule has 0 spiro atoms. The first-order valence-electron chi connectivity index (χ1n) is 7.82. The van der Waals surface area contributed by atoms with E-state index in [1.165, 1.54) is 6.07 Å². The molecule has 0 aliphatic rings. The predicted octanol–water partition coefficient (Wildman–Crippen LogP) is 3.67. The van der Waals surface area contributed by atoms with E-state index in [1.54, 1.807) is 41.2 Å². The molecule has 3 aromatic rings. The lowest BCUT2D eigenvalue weighted by molar-refractivity contribution is -0.385. The molecule has 0 radical (unpaired) electrons. The number of nitrogens with zero attached hydrogens (tertiary/aromatic N) is 3. The number of carbonyl (C=O) groups is 1. The van der Waals surface area contributed by atoms with Crippen molar-refractivity contribution in [1.82, 2.24) is 9.78 Å². The van der Waals surface area contributed by atoms with Gasteiger partial charge in [0.05, 0.1) is 24.1 Å². The van der Waals surface area contributed by atoms with Gasteiger partial charge in [-0.1, -0.05) is 48.0 Å². The average Bonchev–Trinajstić information content (AvgIpc) is 3.04. The van der Waals surface area contributed by atoms with Gasteiger partial charge < -0.3 is 5.32 Å². The monoisotopic (exact) mass is 370 g/mol. The van der Waals surface area contributed by atoms with Gasteiger partial charge in [0.15, 0.2) is 0 Å². The Bertz CT molecular complexity index is 955. The van der Waals surface area contributed by atoms with Gasteiger partial charge in [0.2, 0.25) is 5.91 Å². The number of nitrogens with one attached hydrogen (secondary N) is 1. The molecule has 1 N–H and O–H groups in total. The highest BCUT2D eigenvalue weighted by Crippen LogP contribution is 2.20. The minimum atomic E-state index is -0.496. The van der Waals surface area contributed by atoms with Gasteiger partial charge in [0.1, 0.15) is 5.82 Å². The fourth-order valence-corrected chi connectivity index (χ4v) is 2.75. The number of rotatable bonds is 6. The van der Waals surface area contributed by atoms with Crippen LogP contribution in [0.25, 0.3) is 0 Å². The van der Waals surface area contributed by atoms with E-state index in [4.69, 9.17) is 11.6 Å². The second-order valence-corrected chi connectivity index (χ2v) is 5.98. The molecule has 0 aliphatic carbocycles. The number of hydrogen-bond donors (Lipinski definition) is 1. The van der Waals surface area contributed by atoms with Crippen molar-refractivity contribution < 1.29 is 9.72 Å². The molecule has 0 atom stereocenters. The number of nitro groups is 1. The Morgan fingerprint density at radius 3 is 2.54 bits per heavy atom. The number of nitro benzene ring substituents is 1. The number of benzene rings is 2. The third-order valence-electron chi connectivity index (χ3n) is 3.80. The van der Waals surface area contributed by atoms with Gasteiger partial charge in [-0.3, -0.25) is 14.9 Å². The maximum atomic E-state index is 12.3. The zero-order chi connectivity index (χ0) is 18.5. The van der Waals surface area contributed by atoms with Crippen molar-refractivity contribution in [3.8, 4) is 0 Å². The first-order chi connectivity index (χ1) is 12.5. The lowest BCUT2D eigenvalue weighted by Gasteiger charge is -2.10. The Balaban J connectivity index is 1.73. The molecule has 7 nitrogen and oxygen atoms in total. The molecule has 0 fully saturated rings. The van der Waals surface area contributed by atoms with Crippen LogP contribution in [0.3, 0.4) is 0 Å². The smallest absolute Gasteiger partial charge is 0.273 e. The predicted molar refractivity (Wildman–Crippen MR) is 98.2 cm³/mol. The molecule has 8 heteroatoms. The van der Waals surface area contributed by atoms with Crippen LogP contribution in [0.15, 0.2) is 60.8 Å². The average molecular weight is 371 g/mol. The largest absolute Gasteiger partial charge is 0.311 e. The maximum Gasteiger partial charge on any atom is 0.273 e. The molecule has 0 bridgehead atoms. The van der Waals surface area contributed by atoms with Gasteiger partial charge in [-0.2, -0.15) is 5.10 Å². The number of carbonyl (C=O) groups excluding carboxylic acids is 1. The highest BCUT2D eigenvalue weighted by atomic mass is 35.5. The van der Waals surface area contributed by atoms with Crippen LogP contribution in [0.2, 0.25) is 5.02 Å². The van der Waals surface area contributed by atoms with E-state index >= 15 is 0 Å². The molecule has 0 aliphatic heterocycles. The first kappa shape index (κ1) is 17.6. The van der Waals surface area contributed by atoms with E-state index in [9.17, 15) is 14.9 Å². The van der Waals surface area contributed by atoms with Gasteiger partial charge in [-0.05, 0) is 11.6 Å². The molecule has 26 heavy (non-hydrogen) atoms. The summed E-state index contributed by atoms with van der Waals surface area (Å²) in [6, 6.07) is 15.2. The van der Waals surface area contributed by atoms with Crippen molar-refractivity contribution in [2.24, 2.45) is 0 Å². The number of para-hydroxylation sites is 1. The van der Waals surface area contributed by atoms with Crippen LogP contribution in [0.5, 0.6) is 0 Å². The number of anilines is 1. The van der Waals surface area contributed by atoms with Crippen molar-refractivity contribution in [2.75, 3.05) is 5.32 Å². The fourth-order valence-electron chi connectivity index (χ4n) is 2.55. The summed E-state index contributed by atoms with van der Waals surface area (Å²) in [5.74, 6) is 0.133. The van der Waals surface area contributed by atoms with E-state index in [2.05, 4.69) is 10.4 Å². The van der Waals surface area contributed by atoms with Crippen molar-refractivity contribution in [3.05, 3.63) is 87.1 Å². The minimum Gasteiger partial charge on any atom is -0.311 e. The Kier molecular flexibility index (Phi) is 5.28. The molecule has 0 saturated carbocycles. The second-order valence-electron chi connectivity index (χ2n) is 5.58. The summed E-state index contributed by atoms with van der Waals surface area (Å²) in [7, 11) is 0. The third-order valence-corrected chi connectivity index (χ3v) is 4.17. The lowest BCUT2D eigenvalue weighted by Crippen LogP contribution is -2.18. The summed E-state index contributed by atoms with van der Waals surface area (Å²) >= 11 is 6.16. The molecule has 132 valence electrons. The number of aromatic nitrogens is 2. The Hall–Kier alpha value is -3.19. The minimum absolute atomic E-state index is 0.0766. The van der Waals surface area contributed by atoms with Crippen molar-refractivity contribution in [3.63, 3.8) is 0 Å². The molecule has 1 heterocycles. The molecule has 1 amide bonds. The number of amides is 1. The fraction of sp³-hybridized carbons (Fsp3) is 0.111. The highest BCUT2D eigenvalue weighted by Gasteiger charge is 2.16. The van der Waals surface area contributed by atoms with Crippen molar-refractivity contribution >= 4 is 29.0 Å². The summed E-state index contributed by atoms with van der Waals surface area (Å²) in [5, 5.41) is 18.6. The summed E-state index contributed by atoms with van der Waals surface area (Å²) in [5.41, 5.74) is 1.14. The van der Waals surface area contributed by atoms with Gasteiger partial charge in [-0.15, -0.1) is 0 Å². The van der Waals surface area contributed by atoms with Gasteiger partial charge in [0.25, 0.3) is 5.69 Å². The molecular formula is C18H15ClN4O3. The summed E-state index contributed by atoms with van der Waals surface area (Å²) in [6.45, 7) is 0.397. The van der Waals surface area contributed by atoms with E-state index < -0.39 is 4.92 Å². The molecular weight excluding hydrogens is 356 g/mol. The van der Waals surface area contributed by atoms with Crippen LogP contribution in [0, 0.1) is 10.1 Å². The van der Waals surface area contributed by atoms with Crippen LogP contribution in [0.1, 0.15) is 11.1 Å². The molecule has 1 aromatic heterocycles. The van der Waals surface area contributed by atoms with Crippen LogP contribution in [-0.4, -0.2) is 20.6 Å². The number of hydrogen-bond acceptors (Lipinski definition) is 4. The Morgan fingerprint density at radius 2 is 1.81 bits per heavy atom. The SMILES string of the molecule is O=C(Cc1ccccc1[N+](=O)[O-])Nc1ccnn1Cc1ccccc1Cl. The second kappa shape index (κ2) is 7.79. The van der Waals surface area contributed by atoms with Crippen LogP contribution >= 0.6 is 11.6 Å². The number of halogens is 1. The van der Waals surface area contributed by atoms with Crippen molar-refractivity contribution in [1.29, 1.82) is 0 Å². The van der Waals surface area contributed by atoms with E-state index in [0.29, 0.717) is 22.9 Å². The molecule has 2 aromatic carbocycles. The molecule has 3 rings (SSSR count). The van der Waals surface area contributed by atoms with Crippen LogP contribution < -0.4 is 5.32 Å². The quantitative estimate of drug-likeness (QED) is 0.529. The third kappa shape index (κ3) is 4.07. The summed E-state index contributed by atoms with van der Waals surface area (Å²) in [4.78, 5) is 22.9. The Morgan fingerprint density at radius 1 is 1.12 bits per heavy atom. The molecule has 0 saturated heterocycles. The maximum absolute atomic E-state index is 12.3. The van der Waals surface area contributed by atoms with Gasteiger partial charge >= 0.3 is 0 Å². The topological polar surface area (TPSA) is 90.1 Å². The summed E-state index contributed by atoms with van der Waals surface area (Å²) in [6.07, 6.45) is 1.46. The Labute approximate surface area is 154 Å². The lowest BCUT2D eigenvalue weighted by atomic mass is 10.1. The normalized spacial score (nSPS) is 10.5. The van der Waals surface area contributed by atoms with Crippen LogP contribution in [-0.2, 0) is 17.8 Å². The van der Waals surface area contributed by atoms with Gasteiger partial charge in [-0.25, -0.2) is 4.68 Å². The van der Waals surface area contributed by atoms with E-state index in [-0.39, 0.29) is 18.0 Å². The van der Waals surface area contributed by atoms with Crippen LogP contribution in [0.4, 0.5) is 11.5 Å². The zero-order valence-corrected chi connectivity index (χ0v) is 14.4. The van der Waals surface area contributed by atoms with Crippen molar-refractivity contribution in [2.45, 2.75) is 13.0 Å². The standard InChI is InChI=1S/C18H15ClN4O3/c19-15-7-3-1-6-14(15)12-22-17(9-10-20-22)21-18(24)11-13-5-2-4-8-16(13)23(25)26/h1-10H,11-12H2,(H,21,24). The zero-order valence-electron chi connectivity index (χ0n) is 13.6. The van der Waals surface area contributed by atoms with Gasteiger partial charge in [0, 0.05) is 22.7 Å². The molecule has 0 unspecified atom stereocenters. The highest BCUT2D eigenvalue weighted by molar-refractivity contribution is 6.31.